The lowest BCUT2D eigenvalue weighted by Crippen LogP contribution is -2.30. The standard InChI is InChI=1S/C16H28N2O2S/c1-5-17-16(15-9-7-6-8-14(15)2)10-11-18(3)12-13-21(4,19)20/h6-9,16-17H,5,10-13H2,1-4H3. The molecule has 1 N–H and O–H groups in total. The first-order chi connectivity index (χ1) is 9.83. The zero-order valence-electron chi connectivity index (χ0n) is 13.6. The zero-order chi connectivity index (χ0) is 15.9. The summed E-state index contributed by atoms with van der Waals surface area (Å²) in [6.07, 6.45) is 2.26. The van der Waals surface area contributed by atoms with E-state index in [0.717, 1.165) is 19.5 Å². The summed E-state index contributed by atoms with van der Waals surface area (Å²) < 4.78 is 22.4. The van der Waals surface area contributed by atoms with Gasteiger partial charge in [-0.3, -0.25) is 0 Å². The van der Waals surface area contributed by atoms with Crippen LogP contribution in [-0.2, 0) is 9.84 Å². The Morgan fingerprint density at radius 3 is 2.48 bits per heavy atom. The normalized spacial score (nSPS) is 13.6. The van der Waals surface area contributed by atoms with Gasteiger partial charge in [-0.25, -0.2) is 8.42 Å². The van der Waals surface area contributed by atoms with Gasteiger partial charge < -0.3 is 10.2 Å². The molecule has 1 aromatic rings. The van der Waals surface area contributed by atoms with E-state index in [0.29, 0.717) is 12.6 Å². The van der Waals surface area contributed by atoms with Gasteiger partial charge in [0.1, 0.15) is 9.84 Å². The molecule has 4 nitrogen and oxygen atoms in total. The Morgan fingerprint density at radius 1 is 1.24 bits per heavy atom. The minimum Gasteiger partial charge on any atom is -0.310 e. The van der Waals surface area contributed by atoms with Crippen molar-refractivity contribution in [2.24, 2.45) is 0 Å². The van der Waals surface area contributed by atoms with Gasteiger partial charge >= 0.3 is 0 Å². The molecule has 1 aromatic carbocycles. The molecule has 1 rings (SSSR count). The van der Waals surface area contributed by atoms with E-state index in [9.17, 15) is 8.42 Å². The number of nitrogens with zero attached hydrogens (tertiary/aromatic N) is 1. The molecule has 1 atom stereocenters. The molecule has 0 amide bonds. The number of benzene rings is 1. The minimum atomic E-state index is -2.88. The third-order valence-electron chi connectivity index (χ3n) is 3.66. The first-order valence-electron chi connectivity index (χ1n) is 7.48. The lowest BCUT2D eigenvalue weighted by Gasteiger charge is -2.23. The number of rotatable bonds is 9. The molecule has 0 saturated carbocycles. The molecule has 21 heavy (non-hydrogen) atoms. The van der Waals surface area contributed by atoms with Gasteiger partial charge in [-0.1, -0.05) is 31.2 Å². The fraction of sp³-hybridized carbons (Fsp3) is 0.625. The van der Waals surface area contributed by atoms with E-state index in [1.54, 1.807) is 0 Å². The second-order valence-electron chi connectivity index (χ2n) is 5.69. The van der Waals surface area contributed by atoms with Crippen LogP contribution in [0.4, 0.5) is 0 Å². The Labute approximate surface area is 129 Å². The van der Waals surface area contributed by atoms with Crippen molar-refractivity contribution in [1.82, 2.24) is 10.2 Å². The number of hydrogen-bond donors (Lipinski definition) is 1. The summed E-state index contributed by atoms with van der Waals surface area (Å²) in [5.74, 6) is 0.222. The Balaban J connectivity index is 2.58. The second kappa shape index (κ2) is 8.51. The third-order valence-corrected chi connectivity index (χ3v) is 4.58. The smallest absolute Gasteiger partial charge is 0.148 e. The molecule has 1 unspecified atom stereocenters. The summed E-state index contributed by atoms with van der Waals surface area (Å²) in [4.78, 5) is 2.09. The molecule has 0 heterocycles. The number of aryl methyl sites for hydroxylation is 1. The highest BCUT2D eigenvalue weighted by molar-refractivity contribution is 7.90. The van der Waals surface area contributed by atoms with E-state index in [4.69, 9.17) is 0 Å². The molecule has 0 aliphatic carbocycles. The molecular weight excluding hydrogens is 284 g/mol. The highest BCUT2D eigenvalue weighted by Gasteiger charge is 2.13. The first-order valence-corrected chi connectivity index (χ1v) is 9.54. The van der Waals surface area contributed by atoms with Crippen molar-refractivity contribution >= 4 is 9.84 Å². The largest absolute Gasteiger partial charge is 0.310 e. The third kappa shape index (κ3) is 7.07. The molecule has 0 aromatic heterocycles. The lowest BCUT2D eigenvalue weighted by atomic mass is 9.98. The van der Waals surface area contributed by atoms with E-state index < -0.39 is 9.84 Å². The van der Waals surface area contributed by atoms with E-state index in [1.807, 2.05) is 7.05 Å². The van der Waals surface area contributed by atoms with E-state index in [2.05, 4.69) is 48.3 Å². The van der Waals surface area contributed by atoms with Crippen LogP contribution in [0.5, 0.6) is 0 Å². The van der Waals surface area contributed by atoms with Crippen LogP contribution in [0.25, 0.3) is 0 Å². The fourth-order valence-electron chi connectivity index (χ4n) is 2.37. The second-order valence-corrected chi connectivity index (χ2v) is 7.95. The van der Waals surface area contributed by atoms with Crippen molar-refractivity contribution in [1.29, 1.82) is 0 Å². The van der Waals surface area contributed by atoms with Crippen LogP contribution in [0.2, 0.25) is 0 Å². The first kappa shape index (κ1) is 18.1. The van der Waals surface area contributed by atoms with Gasteiger partial charge in [0.2, 0.25) is 0 Å². The van der Waals surface area contributed by atoms with Crippen LogP contribution in [0.15, 0.2) is 24.3 Å². The molecule has 0 fully saturated rings. The average Bonchev–Trinajstić information content (AvgIpc) is 2.41. The number of sulfone groups is 1. The van der Waals surface area contributed by atoms with Gasteiger partial charge in [0.25, 0.3) is 0 Å². The summed E-state index contributed by atoms with van der Waals surface area (Å²) in [5, 5.41) is 3.52. The van der Waals surface area contributed by atoms with Crippen molar-refractivity contribution in [2.75, 3.05) is 38.7 Å². The van der Waals surface area contributed by atoms with Crippen LogP contribution in [0, 0.1) is 6.92 Å². The summed E-state index contributed by atoms with van der Waals surface area (Å²) in [6.45, 7) is 6.63. The van der Waals surface area contributed by atoms with Crippen LogP contribution >= 0.6 is 0 Å². The van der Waals surface area contributed by atoms with Crippen molar-refractivity contribution in [2.45, 2.75) is 26.3 Å². The van der Waals surface area contributed by atoms with Gasteiger partial charge in [0, 0.05) is 18.8 Å². The lowest BCUT2D eigenvalue weighted by molar-refractivity contribution is 0.323. The quantitative estimate of drug-likeness (QED) is 0.758. The SMILES string of the molecule is CCNC(CCN(C)CCS(C)(=O)=O)c1ccccc1C. The van der Waals surface area contributed by atoms with Crippen LogP contribution in [0.3, 0.4) is 0 Å². The number of nitrogens with one attached hydrogen (secondary N) is 1. The predicted molar refractivity (Wildman–Crippen MR) is 89.4 cm³/mol. The minimum absolute atomic E-state index is 0.222. The van der Waals surface area contributed by atoms with Gasteiger partial charge in [0.05, 0.1) is 5.75 Å². The van der Waals surface area contributed by atoms with E-state index >= 15 is 0 Å². The summed E-state index contributed by atoms with van der Waals surface area (Å²) in [6, 6.07) is 8.74. The number of hydrogen-bond acceptors (Lipinski definition) is 4. The van der Waals surface area contributed by atoms with Crippen molar-refractivity contribution in [3.8, 4) is 0 Å². The Morgan fingerprint density at radius 2 is 1.90 bits per heavy atom. The van der Waals surface area contributed by atoms with Gasteiger partial charge in [-0.15, -0.1) is 0 Å². The summed E-state index contributed by atoms with van der Waals surface area (Å²) in [5.41, 5.74) is 2.62. The fourth-order valence-corrected chi connectivity index (χ4v) is 3.02. The maximum Gasteiger partial charge on any atom is 0.148 e. The van der Waals surface area contributed by atoms with Gasteiger partial charge in [-0.05, 0) is 44.6 Å². The molecular formula is C16H28N2O2S. The van der Waals surface area contributed by atoms with E-state index in [-0.39, 0.29) is 5.75 Å². The van der Waals surface area contributed by atoms with Crippen LogP contribution in [0.1, 0.15) is 30.5 Å². The topological polar surface area (TPSA) is 49.4 Å². The summed E-state index contributed by atoms with van der Waals surface area (Å²) >= 11 is 0. The van der Waals surface area contributed by atoms with Crippen molar-refractivity contribution in [3.05, 3.63) is 35.4 Å². The maximum atomic E-state index is 11.2. The Bertz CT molecular complexity index is 529. The molecule has 0 bridgehead atoms. The predicted octanol–water partition coefficient (Wildman–Crippen LogP) is 2.01. The van der Waals surface area contributed by atoms with E-state index in [1.165, 1.54) is 17.4 Å². The van der Waals surface area contributed by atoms with Crippen molar-refractivity contribution < 1.29 is 8.42 Å². The molecule has 0 saturated heterocycles. The monoisotopic (exact) mass is 312 g/mol. The molecule has 120 valence electrons. The highest BCUT2D eigenvalue weighted by Crippen LogP contribution is 2.20. The Hall–Kier alpha value is -0.910. The molecule has 0 aliphatic heterocycles. The van der Waals surface area contributed by atoms with Crippen LogP contribution in [-0.4, -0.2) is 52.0 Å². The van der Waals surface area contributed by atoms with Gasteiger partial charge in [0.15, 0.2) is 0 Å². The van der Waals surface area contributed by atoms with Gasteiger partial charge in [-0.2, -0.15) is 0 Å². The highest BCUT2D eigenvalue weighted by atomic mass is 32.2. The van der Waals surface area contributed by atoms with Crippen molar-refractivity contribution in [3.63, 3.8) is 0 Å². The molecule has 0 radical (unpaired) electrons. The zero-order valence-corrected chi connectivity index (χ0v) is 14.4. The van der Waals surface area contributed by atoms with Crippen LogP contribution < -0.4 is 5.32 Å². The summed E-state index contributed by atoms with van der Waals surface area (Å²) in [7, 11) is -0.906. The molecule has 5 heteroatoms. The average molecular weight is 312 g/mol. The molecule has 0 spiro atoms. The maximum absolute atomic E-state index is 11.2. The Kier molecular flexibility index (Phi) is 7.35. The molecule has 0 aliphatic rings.